The molecule has 36 heavy (non-hydrogen) atoms. The van der Waals surface area contributed by atoms with Crippen LogP contribution < -0.4 is 10.3 Å². The molecule has 1 aliphatic carbocycles. The number of fused-ring (bicyclic) bond motifs is 1. The standard InChI is InChI=1S/C27H32N6O3/c1-17-24-25(27(34)33(31-17)20-8-4-3-5-9-20)30-26(29-24)21-12-11-18(14-22(21)35-2)19-15-28-32(16-19)23-10-6-7-13-36-23/h11-12,14-16,20,23H,3-10,13H2,1-2H3,(H,29,30). The number of H-pyrrole nitrogens is 1. The zero-order valence-electron chi connectivity index (χ0n) is 20.9. The summed E-state index contributed by atoms with van der Waals surface area (Å²) in [5.74, 6) is 1.27. The smallest absolute Gasteiger partial charge is 0.293 e. The first-order chi connectivity index (χ1) is 17.6. The van der Waals surface area contributed by atoms with E-state index in [-0.39, 0.29) is 17.8 Å². The van der Waals surface area contributed by atoms with Gasteiger partial charge in [-0.1, -0.05) is 25.3 Å². The molecule has 9 nitrogen and oxygen atoms in total. The highest BCUT2D eigenvalue weighted by molar-refractivity contribution is 5.82. The molecule has 4 heterocycles. The number of nitrogens with one attached hydrogen (secondary N) is 1. The van der Waals surface area contributed by atoms with Crippen molar-refractivity contribution < 1.29 is 9.47 Å². The fraction of sp³-hybridized carbons (Fsp3) is 0.481. The van der Waals surface area contributed by atoms with Crippen LogP contribution in [0.1, 0.15) is 69.3 Å². The van der Waals surface area contributed by atoms with Crippen molar-refractivity contribution in [3.63, 3.8) is 0 Å². The Morgan fingerprint density at radius 1 is 1.08 bits per heavy atom. The van der Waals surface area contributed by atoms with Gasteiger partial charge in [-0.05, 0) is 56.7 Å². The van der Waals surface area contributed by atoms with Crippen molar-refractivity contribution in [3.05, 3.63) is 46.6 Å². The molecular formula is C27H32N6O3. The number of nitrogens with zero attached hydrogens (tertiary/aromatic N) is 5. The predicted molar refractivity (Wildman–Crippen MR) is 137 cm³/mol. The van der Waals surface area contributed by atoms with E-state index in [0.717, 1.165) is 73.9 Å². The van der Waals surface area contributed by atoms with Gasteiger partial charge in [-0.2, -0.15) is 10.2 Å². The van der Waals surface area contributed by atoms with Gasteiger partial charge in [0.15, 0.2) is 0 Å². The topological polar surface area (TPSA) is 99.8 Å². The number of aromatic amines is 1. The van der Waals surface area contributed by atoms with Gasteiger partial charge < -0.3 is 14.5 Å². The first kappa shape index (κ1) is 23.0. The lowest BCUT2D eigenvalue weighted by atomic mass is 9.95. The van der Waals surface area contributed by atoms with Crippen molar-refractivity contribution in [2.75, 3.05) is 13.7 Å². The first-order valence-electron chi connectivity index (χ1n) is 13.0. The molecule has 9 heteroatoms. The third kappa shape index (κ3) is 4.11. The van der Waals surface area contributed by atoms with Crippen LogP contribution >= 0.6 is 0 Å². The van der Waals surface area contributed by atoms with Crippen LogP contribution in [-0.2, 0) is 4.74 Å². The molecule has 1 N–H and O–H groups in total. The summed E-state index contributed by atoms with van der Waals surface area (Å²) in [4.78, 5) is 21.4. The second kappa shape index (κ2) is 9.54. The number of hydrogen-bond acceptors (Lipinski definition) is 6. The van der Waals surface area contributed by atoms with Gasteiger partial charge in [-0.15, -0.1) is 0 Å². The highest BCUT2D eigenvalue weighted by Gasteiger charge is 2.23. The molecular weight excluding hydrogens is 456 g/mol. The number of imidazole rings is 1. The average Bonchev–Trinajstić information content (AvgIpc) is 3.60. The molecule has 0 spiro atoms. The van der Waals surface area contributed by atoms with E-state index in [1.807, 2.05) is 42.2 Å². The van der Waals surface area contributed by atoms with Crippen molar-refractivity contribution in [2.45, 2.75) is 70.6 Å². The summed E-state index contributed by atoms with van der Waals surface area (Å²) in [6.45, 7) is 2.69. The van der Waals surface area contributed by atoms with E-state index < -0.39 is 0 Å². The molecule has 0 bridgehead atoms. The van der Waals surface area contributed by atoms with Gasteiger partial charge in [0.1, 0.15) is 28.8 Å². The largest absolute Gasteiger partial charge is 0.496 e. The van der Waals surface area contributed by atoms with Gasteiger partial charge in [0, 0.05) is 18.4 Å². The van der Waals surface area contributed by atoms with Crippen LogP contribution in [-0.4, -0.2) is 43.2 Å². The Morgan fingerprint density at radius 2 is 1.92 bits per heavy atom. The van der Waals surface area contributed by atoms with Gasteiger partial charge in [-0.25, -0.2) is 14.3 Å². The molecule has 3 aromatic heterocycles. The first-order valence-corrected chi connectivity index (χ1v) is 13.0. The van der Waals surface area contributed by atoms with Crippen molar-refractivity contribution >= 4 is 11.0 Å². The highest BCUT2D eigenvalue weighted by atomic mass is 16.5. The number of aryl methyl sites for hydroxylation is 1. The normalized spacial score (nSPS) is 19.1. The van der Waals surface area contributed by atoms with E-state index in [4.69, 9.17) is 14.5 Å². The average molecular weight is 489 g/mol. The Kier molecular flexibility index (Phi) is 6.08. The minimum Gasteiger partial charge on any atom is -0.496 e. The summed E-state index contributed by atoms with van der Waals surface area (Å²) in [6, 6.07) is 6.15. The van der Waals surface area contributed by atoms with Gasteiger partial charge in [-0.3, -0.25) is 4.79 Å². The number of aromatic nitrogens is 6. The van der Waals surface area contributed by atoms with E-state index in [0.29, 0.717) is 22.6 Å². The molecule has 6 rings (SSSR count). The second-order valence-corrected chi connectivity index (χ2v) is 9.88. The van der Waals surface area contributed by atoms with Crippen molar-refractivity contribution in [3.8, 4) is 28.3 Å². The number of hydrogen-bond donors (Lipinski definition) is 1. The summed E-state index contributed by atoms with van der Waals surface area (Å²) in [6.07, 6.45) is 12.6. The molecule has 4 aromatic rings. The van der Waals surface area contributed by atoms with Crippen LogP contribution in [0.5, 0.6) is 5.75 Å². The monoisotopic (exact) mass is 488 g/mol. The molecule has 1 aromatic carbocycles. The zero-order chi connectivity index (χ0) is 24.6. The highest BCUT2D eigenvalue weighted by Crippen LogP contribution is 2.35. The lowest BCUT2D eigenvalue weighted by molar-refractivity contribution is -0.0394. The van der Waals surface area contributed by atoms with Gasteiger partial charge >= 0.3 is 0 Å². The third-order valence-corrected chi connectivity index (χ3v) is 7.49. The van der Waals surface area contributed by atoms with Crippen LogP contribution in [0.2, 0.25) is 0 Å². The third-order valence-electron chi connectivity index (χ3n) is 7.49. The van der Waals surface area contributed by atoms with Crippen molar-refractivity contribution in [1.29, 1.82) is 0 Å². The Balaban J connectivity index is 1.34. The summed E-state index contributed by atoms with van der Waals surface area (Å²) in [5, 5.41) is 9.18. The Labute approximate surface area is 209 Å². The fourth-order valence-electron chi connectivity index (χ4n) is 5.50. The van der Waals surface area contributed by atoms with Crippen LogP contribution in [0.3, 0.4) is 0 Å². The van der Waals surface area contributed by atoms with Crippen LogP contribution in [0.25, 0.3) is 33.5 Å². The number of ether oxygens (including phenoxy) is 2. The molecule has 0 amide bonds. The maximum absolute atomic E-state index is 13.3. The van der Waals surface area contributed by atoms with E-state index >= 15 is 0 Å². The second-order valence-electron chi connectivity index (χ2n) is 9.88. The summed E-state index contributed by atoms with van der Waals surface area (Å²) in [5.41, 5.74) is 4.55. The lowest BCUT2D eigenvalue weighted by Gasteiger charge is -2.22. The summed E-state index contributed by atoms with van der Waals surface area (Å²) >= 11 is 0. The van der Waals surface area contributed by atoms with Gasteiger partial charge in [0.05, 0.1) is 30.6 Å². The van der Waals surface area contributed by atoms with Crippen molar-refractivity contribution in [2.24, 2.45) is 0 Å². The molecule has 1 aliphatic heterocycles. The Morgan fingerprint density at radius 3 is 2.69 bits per heavy atom. The Bertz CT molecular complexity index is 1440. The van der Waals surface area contributed by atoms with E-state index in [2.05, 4.69) is 15.2 Å². The lowest BCUT2D eigenvalue weighted by Crippen LogP contribution is -2.29. The quantitative estimate of drug-likeness (QED) is 0.416. The number of rotatable bonds is 5. The molecule has 1 atom stereocenters. The maximum Gasteiger partial charge on any atom is 0.293 e. The molecule has 1 unspecified atom stereocenters. The van der Waals surface area contributed by atoms with Crippen LogP contribution in [0.4, 0.5) is 0 Å². The maximum atomic E-state index is 13.3. The molecule has 188 valence electrons. The molecule has 1 saturated heterocycles. The number of methoxy groups -OCH3 is 1. The predicted octanol–water partition coefficient (Wildman–Crippen LogP) is 5.17. The fourth-order valence-corrected chi connectivity index (χ4v) is 5.50. The van der Waals surface area contributed by atoms with Crippen LogP contribution in [0.15, 0.2) is 35.4 Å². The van der Waals surface area contributed by atoms with E-state index in [1.165, 1.54) is 6.42 Å². The molecule has 2 fully saturated rings. The minimum absolute atomic E-state index is 0.00118. The van der Waals surface area contributed by atoms with Crippen LogP contribution in [0, 0.1) is 6.92 Å². The summed E-state index contributed by atoms with van der Waals surface area (Å²) in [7, 11) is 1.65. The van der Waals surface area contributed by atoms with Gasteiger partial charge in [0.25, 0.3) is 5.56 Å². The SMILES string of the molecule is COc1cc(-c2cnn(C3CCCCO3)c2)ccc1-c1nc2c(C)nn(C3CCCCC3)c(=O)c2[nH]1. The molecule has 1 saturated carbocycles. The van der Waals surface area contributed by atoms with Gasteiger partial charge in [0.2, 0.25) is 0 Å². The van der Waals surface area contributed by atoms with Crippen molar-refractivity contribution in [1.82, 2.24) is 29.5 Å². The van der Waals surface area contributed by atoms with E-state index in [1.54, 1.807) is 11.8 Å². The Hall–Kier alpha value is -3.46. The zero-order valence-corrected chi connectivity index (χ0v) is 20.9. The number of benzene rings is 1. The molecule has 0 radical (unpaired) electrons. The summed E-state index contributed by atoms with van der Waals surface area (Å²) < 4.78 is 15.2. The van der Waals surface area contributed by atoms with E-state index in [9.17, 15) is 4.79 Å². The molecule has 2 aliphatic rings. The minimum atomic E-state index is -0.103.